The Kier molecular flexibility index (Phi) is 5.73. The van der Waals surface area contributed by atoms with Crippen molar-refractivity contribution in [1.29, 1.82) is 0 Å². The van der Waals surface area contributed by atoms with Crippen LogP contribution in [0.25, 0.3) is 5.65 Å². The monoisotopic (exact) mass is 407 g/mol. The minimum atomic E-state index is -3.76. The number of nitrogens with one attached hydrogen (secondary N) is 1. The fourth-order valence-corrected chi connectivity index (χ4v) is 3.76. The second-order valence-electron chi connectivity index (χ2n) is 5.86. The van der Waals surface area contributed by atoms with Crippen molar-refractivity contribution in [1.82, 2.24) is 24.2 Å². The number of carbonyl (C=O) groups excluding carboxylic acids is 1. The normalized spacial score (nSPS) is 11.8. The van der Waals surface area contributed by atoms with E-state index >= 15 is 0 Å². The zero-order chi connectivity index (χ0) is 19.4. The summed E-state index contributed by atoms with van der Waals surface area (Å²) in [5.41, 5.74) is 0.729. The Balaban J connectivity index is 1.55. The van der Waals surface area contributed by atoms with Crippen molar-refractivity contribution >= 4 is 33.2 Å². The van der Waals surface area contributed by atoms with Gasteiger partial charge in [-0.3, -0.25) is 9.20 Å². The van der Waals surface area contributed by atoms with Gasteiger partial charge in [0.05, 0.1) is 11.4 Å². The van der Waals surface area contributed by atoms with Gasteiger partial charge in [-0.2, -0.15) is 4.31 Å². The molecule has 0 saturated carbocycles. The summed E-state index contributed by atoms with van der Waals surface area (Å²) in [6.07, 6.45) is 2.32. The first-order valence-electron chi connectivity index (χ1n) is 8.15. The van der Waals surface area contributed by atoms with Gasteiger partial charge in [0.2, 0.25) is 15.9 Å². The molecule has 0 aliphatic carbocycles. The molecule has 0 unspecified atom stereocenters. The molecule has 8 nitrogen and oxygen atoms in total. The highest BCUT2D eigenvalue weighted by Crippen LogP contribution is 2.17. The largest absolute Gasteiger partial charge is 0.355 e. The number of hydrogen-bond donors (Lipinski definition) is 1. The van der Waals surface area contributed by atoms with E-state index in [0.717, 1.165) is 9.95 Å². The minimum absolute atomic E-state index is 0.0807. The molecule has 0 spiro atoms. The van der Waals surface area contributed by atoms with Gasteiger partial charge in [-0.15, -0.1) is 10.2 Å². The van der Waals surface area contributed by atoms with Crippen LogP contribution < -0.4 is 5.32 Å². The lowest BCUT2D eigenvalue weighted by molar-refractivity contribution is -0.121. The zero-order valence-electron chi connectivity index (χ0n) is 14.5. The first-order chi connectivity index (χ1) is 12.9. The SMILES string of the molecule is CN(CC(=O)NCCc1nnc2ccccn12)S(=O)(=O)c1ccc(Cl)cc1. The van der Waals surface area contributed by atoms with Gasteiger partial charge in [-0.1, -0.05) is 17.7 Å². The van der Waals surface area contributed by atoms with Crippen LogP contribution in [0.5, 0.6) is 0 Å². The van der Waals surface area contributed by atoms with Gasteiger partial charge >= 0.3 is 0 Å². The number of amides is 1. The van der Waals surface area contributed by atoms with Gasteiger partial charge in [0.1, 0.15) is 5.82 Å². The maximum Gasteiger partial charge on any atom is 0.243 e. The van der Waals surface area contributed by atoms with E-state index in [2.05, 4.69) is 15.5 Å². The molecule has 0 atom stereocenters. The van der Waals surface area contributed by atoms with Crippen LogP contribution in [-0.4, -0.2) is 53.4 Å². The molecule has 1 amide bonds. The Bertz CT molecular complexity index is 1050. The predicted octanol–water partition coefficient (Wildman–Crippen LogP) is 1.36. The van der Waals surface area contributed by atoms with E-state index in [0.29, 0.717) is 23.8 Å². The summed E-state index contributed by atoms with van der Waals surface area (Å²) in [5.74, 6) is 0.317. The van der Waals surface area contributed by atoms with Crippen LogP contribution in [0.15, 0.2) is 53.6 Å². The van der Waals surface area contributed by atoms with E-state index in [1.54, 1.807) is 0 Å². The van der Waals surface area contributed by atoms with E-state index in [9.17, 15) is 13.2 Å². The number of hydrogen-bond acceptors (Lipinski definition) is 5. The second kappa shape index (κ2) is 8.03. The van der Waals surface area contributed by atoms with Gasteiger partial charge in [0.15, 0.2) is 5.65 Å². The zero-order valence-corrected chi connectivity index (χ0v) is 16.1. The number of nitrogens with zero attached hydrogens (tertiary/aromatic N) is 4. The van der Waals surface area contributed by atoms with Crippen LogP contribution in [0.2, 0.25) is 5.02 Å². The second-order valence-corrected chi connectivity index (χ2v) is 8.34. The highest BCUT2D eigenvalue weighted by molar-refractivity contribution is 7.89. The van der Waals surface area contributed by atoms with E-state index in [4.69, 9.17) is 11.6 Å². The van der Waals surface area contributed by atoms with Crippen LogP contribution >= 0.6 is 11.6 Å². The number of halogens is 1. The van der Waals surface area contributed by atoms with Crippen LogP contribution in [0.3, 0.4) is 0 Å². The Hall–Kier alpha value is -2.49. The molecule has 2 aromatic heterocycles. The van der Waals surface area contributed by atoms with Crippen molar-refractivity contribution in [3.05, 3.63) is 59.5 Å². The number of carbonyl (C=O) groups is 1. The maximum absolute atomic E-state index is 12.5. The lowest BCUT2D eigenvalue weighted by Gasteiger charge is -2.16. The van der Waals surface area contributed by atoms with E-state index in [1.807, 2.05) is 28.8 Å². The molecule has 3 rings (SSSR count). The quantitative estimate of drug-likeness (QED) is 0.637. The standard InChI is InChI=1S/C17H18ClN5O3S/c1-22(27(25,26)14-7-5-13(18)6-8-14)12-17(24)19-10-9-16-21-20-15-4-2-3-11-23(15)16/h2-8,11H,9-10,12H2,1H3,(H,19,24). The molecule has 10 heteroatoms. The molecule has 2 heterocycles. The van der Waals surface area contributed by atoms with Crippen molar-refractivity contribution in [2.45, 2.75) is 11.3 Å². The van der Waals surface area contributed by atoms with Gasteiger partial charge in [0.25, 0.3) is 0 Å². The van der Waals surface area contributed by atoms with Crippen molar-refractivity contribution in [2.24, 2.45) is 0 Å². The summed E-state index contributed by atoms with van der Waals surface area (Å²) in [6, 6.07) is 11.4. The van der Waals surface area contributed by atoms with Crippen LogP contribution in [0, 0.1) is 0 Å². The lowest BCUT2D eigenvalue weighted by atomic mass is 10.4. The third kappa shape index (κ3) is 4.44. The van der Waals surface area contributed by atoms with Crippen molar-refractivity contribution < 1.29 is 13.2 Å². The number of likely N-dealkylation sites (N-methyl/N-ethyl adjacent to an activating group) is 1. The summed E-state index contributed by atoms with van der Waals surface area (Å²) < 4.78 is 27.8. The molecule has 1 N–H and O–H groups in total. The van der Waals surface area contributed by atoms with E-state index in [-0.39, 0.29) is 11.4 Å². The van der Waals surface area contributed by atoms with Gasteiger partial charge in [0, 0.05) is 31.2 Å². The molecule has 1 aromatic carbocycles. The smallest absolute Gasteiger partial charge is 0.243 e. The average Bonchev–Trinajstić information content (AvgIpc) is 3.05. The number of aromatic nitrogens is 3. The summed E-state index contributed by atoms with van der Waals surface area (Å²) in [5, 5.41) is 11.3. The Morgan fingerprint density at radius 1 is 1.19 bits per heavy atom. The van der Waals surface area contributed by atoms with Crippen LogP contribution in [-0.2, 0) is 21.2 Å². The molecule has 0 radical (unpaired) electrons. The Morgan fingerprint density at radius 3 is 2.67 bits per heavy atom. The third-order valence-corrected chi connectivity index (χ3v) is 6.01. The van der Waals surface area contributed by atoms with Gasteiger partial charge in [-0.25, -0.2) is 8.42 Å². The number of fused-ring (bicyclic) bond motifs is 1. The fourth-order valence-electron chi connectivity index (χ4n) is 2.50. The van der Waals surface area contributed by atoms with Crippen molar-refractivity contribution in [2.75, 3.05) is 20.1 Å². The minimum Gasteiger partial charge on any atom is -0.355 e. The molecule has 27 heavy (non-hydrogen) atoms. The molecule has 0 aliphatic rings. The Morgan fingerprint density at radius 2 is 1.93 bits per heavy atom. The van der Waals surface area contributed by atoms with Crippen LogP contribution in [0.1, 0.15) is 5.82 Å². The third-order valence-electron chi connectivity index (χ3n) is 3.94. The van der Waals surface area contributed by atoms with Crippen LogP contribution in [0.4, 0.5) is 0 Å². The van der Waals surface area contributed by atoms with E-state index < -0.39 is 15.9 Å². The summed E-state index contributed by atoms with van der Waals surface area (Å²) in [6.45, 7) is 0.0366. The number of pyridine rings is 1. The molecular formula is C17H18ClN5O3S. The van der Waals surface area contributed by atoms with Crippen molar-refractivity contribution in [3.63, 3.8) is 0 Å². The van der Waals surface area contributed by atoms with Gasteiger partial charge in [-0.05, 0) is 36.4 Å². The predicted molar refractivity (Wildman–Crippen MR) is 101 cm³/mol. The Labute approximate surface area is 161 Å². The van der Waals surface area contributed by atoms with E-state index in [1.165, 1.54) is 31.3 Å². The van der Waals surface area contributed by atoms with Gasteiger partial charge < -0.3 is 5.32 Å². The summed E-state index contributed by atoms with van der Waals surface area (Å²) >= 11 is 5.78. The topological polar surface area (TPSA) is 96.7 Å². The maximum atomic E-state index is 12.5. The highest BCUT2D eigenvalue weighted by atomic mass is 35.5. The average molecular weight is 408 g/mol. The molecule has 3 aromatic rings. The first kappa shape index (κ1) is 19.3. The van der Waals surface area contributed by atoms with Crippen molar-refractivity contribution in [3.8, 4) is 0 Å². The summed E-state index contributed by atoms with van der Waals surface area (Å²) in [4.78, 5) is 12.2. The molecule has 0 fully saturated rings. The lowest BCUT2D eigenvalue weighted by Crippen LogP contribution is -2.39. The highest BCUT2D eigenvalue weighted by Gasteiger charge is 2.22. The summed E-state index contributed by atoms with van der Waals surface area (Å²) in [7, 11) is -2.40. The fraction of sp³-hybridized carbons (Fsp3) is 0.235. The molecule has 142 valence electrons. The molecular weight excluding hydrogens is 390 g/mol. The number of benzene rings is 1. The number of sulfonamides is 1. The molecule has 0 bridgehead atoms. The number of rotatable bonds is 7. The first-order valence-corrected chi connectivity index (χ1v) is 9.97. The molecule has 0 aliphatic heterocycles. The molecule has 0 saturated heterocycles.